The fourth-order valence-corrected chi connectivity index (χ4v) is 5.18. The molecule has 0 aliphatic carbocycles. The molecule has 0 unspecified atom stereocenters. The SMILES string of the molecule is O=C(NCc1ccccc1)Nc1ccc2ccccc2c1-c1c(NC(=O)NCc2ccccc2)ccc2ccccc12. The molecule has 0 heterocycles. The van der Waals surface area contributed by atoms with Gasteiger partial charge in [0.2, 0.25) is 0 Å². The lowest BCUT2D eigenvalue weighted by atomic mass is 9.91. The maximum absolute atomic E-state index is 13.1. The first-order valence-electron chi connectivity index (χ1n) is 13.9. The highest BCUT2D eigenvalue weighted by atomic mass is 16.2. The molecule has 0 bridgehead atoms. The van der Waals surface area contributed by atoms with Gasteiger partial charge in [0.25, 0.3) is 0 Å². The fraction of sp³-hybridized carbons (Fsp3) is 0.0556. The van der Waals surface area contributed by atoms with Crippen LogP contribution in [0.5, 0.6) is 0 Å². The molecule has 6 aromatic carbocycles. The molecule has 6 nitrogen and oxygen atoms in total. The Bertz CT molecular complexity index is 1730. The van der Waals surface area contributed by atoms with Crippen LogP contribution in [0.25, 0.3) is 32.7 Å². The highest BCUT2D eigenvalue weighted by Crippen LogP contribution is 2.43. The number of rotatable bonds is 7. The van der Waals surface area contributed by atoms with E-state index in [1.807, 2.05) is 133 Å². The largest absolute Gasteiger partial charge is 0.334 e. The van der Waals surface area contributed by atoms with Gasteiger partial charge in [-0.3, -0.25) is 0 Å². The zero-order valence-corrected chi connectivity index (χ0v) is 22.9. The van der Waals surface area contributed by atoms with Crippen LogP contribution in [0.15, 0.2) is 133 Å². The van der Waals surface area contributed by atoms with Crippen molar-refractivity contribution in [1.29, 1.82) is 0 Å². The molecular formula is C36H30N4O2. The summed E-state index contributed by atoms with van der Waals surface area (Å²) < 4.78 is 0. The van der Waals surface area contributed by atoms with Gasteiger partial charge < -0.3 is 21.3 Å². The van der Waals surface area contributed by atoms with Gasteiger partial charge in [-0.1, -0.05) is 121 Å². The summed E-state index contributed by atoms with van der Waals surface area (Å²) in [6, 6.07) is 42.9. The van der Waals surface area contributed by atoms with Gasteiger partial charge in [0.15, 0.2) is 0 Å². The van der Waals surface area contributed by atoms with Gasteiger partial charge in [-0.15, -0.1) is 0 Å². The van der Waals surface area contributed by atoms with E-state index >= 15 is 0 Å². The van der Waals surface area contributed by atoms with Gasteiger partial charge in [-0.25, -0.2) is 9.59 Å². The molecule has 0 aliphatic rings. The van der Waals surface area contributed by atoms with Gasteiger partial charge in [0, 0.05) is 24.2 Å². The van der Waals surface area contributed by atoms with E-state index in [9.17, 15) is 9.59 Å². The first kappa shape index (κ1) is 26.6. The molecule has 206 valence electrons. The van der Waals surface area contributed by atoms with Crippen molar-refractivity contribution in [3.05, 3.63) is 145 Å². The van der Waals surface area contributed by atoms with E-state index in [4.69, 9.17) is 0 Å². The minimum absolute atomic E-state index is 0.314. The number of anilines is 2. The van der Waals surface area contributed by atoms with Crippen LogP contribution in [-0.2, 0) is 13.1 Å². The predicted molar refractivity (Wildman–Crippen MR) is 171 cm³/mol. The molecule has 0 atom stereocenters. The lowest BCUT2D eigenvalue weighted by Crippen LogP contribution is -2.29. The van der Waals surface area contributed by atoms with Crippen LogP contribution in [-0.4, -0.2) is 12.1 Å². The summed E-state index contributed by atoms with van der Waals surface area (Å²) in [6.45, 7) is 0.802. The molecule has 42 heavy (non-hydrogen) atoms. The lowest BCUT2D eigenvalue weighted by Gasteiger charge is -2.20. The Morgan fingerprint density at radius 3 is 1.24 bits per heavy atom. The summed E-state index contributed by atoms with van der Waals surface area (Å²) in [4.78, 5) is 26.3. The van der Waals surface area contributed by atoms with E-state index in [2.05, 4.69) is 21.3 Å². The normalized spacial score (nSPS) is 10.8. The minimum atomic E-state index is -0.314. The lowest BCUT2D eigenvalue weighted by molar-refractivity contribution is 0.251. The molecule has 0 saturated heterocycles. The van der Waals surface area contributed by atoms with E-state index < -0.39 is 0 Å². The summed E-state index contributed by atoms with van der Waals surface area (Å²) >= 11 is 0. The number of urea groups is 2. The maximum Gasteiger partial charge on any atom is 0.319 e. The summed E-state index contributed by atoms with van der Waals surface area (Å²) in [5.74, 6) is 0. The third-order valence-electron chi connectivity index (χ3n) is 7.20. The Balaban J connectivity index is 1.40. The van der Waals surface area contributed by atoms with Crippen molar-refractivity contribution in [2.45, 2.75) is 13.1 Å². The van der Waals surface area contributed by atoms with Gasteiger partial charge in [-0.05, 0) is 44.8 Å². The van der Waals surface area contributed by atoms with Crippen LogP contribution >= 0.6 is 0 Å². The summed E-state index contributed by atoms with van der Waals surface area (Å²) in [7, 11) is 0. The highest BCUT2D eigenvalue weighted by molar-refractivity contribution is 6.16. The molecule has 6 aromatic rings. The Kier molecular flexibility index (Phi) is 7.77. The van der Waals surface area contributed by atoms with E-state index in [1.54, 1.807) is 0 Å². The second-order valence-corrected chi connectivity index (χ2v) is 10.0. The highest BCUT2D eigenvalue weighted by Gasteiger charge is 2.19. The van der Waals surface area contributed by atoms with Crippen molar-refractivity contribution >= 4 is 45.0 Å². The maximum atomic E-state index is 13.1. The van der Waals surface area contributed by atoms with Gasteiger partial charge in [0.05, 0.1) is 11.4 Å². The third-order valence-corrected chi connectivity index (χ3v) is 7.20. The van der Waals surface area contributed by atoms with Crippen LogP contribution in [0.2, 0.25) is 0 Å². The van der Waals surface area contributed by atoms with Crippen molar-refractivity contribution < 1.29 is 9.59 Å². The first-order chi connectivity index (χ1) is 20.7. The average molecular weight is 551 g/mol. The van der Waals surface area contributed by atoms with E-state index in [1.165, 1.54) is 0 Å². The Morgan fingerprint density at radius 2 is 0.810 bits per heavy atom. The Hall–Kier alpha value is -5.62. The smallest absolute Gasteiger partial charge is 0.319 e. The van der Waals surface area contributed by atoms with Crippen LogP contribution in [0, 0.1) is 0 Å². The van der Waals surface area contributed by atoms with Gasteiger partial charge >= 0.3 is 12.1 Å². The Labute approximate surface area is 244 Å². The van der Waals surface area contributed by atoms with Gasteiger partial charge in [-0.2, -0.15) is 0 Å². The van der Waals surface area contributed by atoms with Crippen LogP contribution in [0.3, 0.4) is 0 Å². The second kappa shape index (κ2) is 12.3. The number of nitrogens with one attached hydrogen (secondary N) is 4. The molecule has 0 spiro atoms. The third kappa shape index (κ3) is 5.93. The molecular weight excluding hydrogens is 520 g/mol. The molecule has 0 radical (unpaired) electrons. The average Bonchev–Trinajstić information content (AvgIpc) is 3.04. The first-order valence-corrected chi connectivity index (χ1v) is 13.9. The van der Waals surface area contributed by atoms with Crippen LogP contribution in [0.4, 0.5) is 21.0 Å². The molecule has 0 aromatic heterocycles. The molecule has 4 amide bonds. The number of benzene rings is 6. The van der Waals surface area contributed by atoms with Crippen molar-refractivity contribution in [2.24, 2.45) is 0 Å². The summed E-state index contributed by atoms with van der Waals surface area (Å²) in [5.41, 5.74) is 4.96. The standard InChI is InChI=1S/C36H30N4O2/c41-35(37-23-25-11-3-1-4-12-25)39-31-21-19-27-15-7-9-17-29(27)33(31)34-30-18-10-8-16-28(30)20-22-32(34)40-36(42)38-24-26-13-5-2-6-14-26/h1-22H,23-24H2,(H2,37,39,41)(H2,38,40,42). The fourth-order valence-electron chi connectivity index (χ4n) is 5.18. The van der Waals surface area contributed by atoms with E-state index in [-0.39, 0.29) is 12.1 Å². The van der Waals surface area contributed by atoms with Gasteiger partial charge in [0.1, 0.15) is 0 Å². The molecule has 6 rings (SSSR count). The van der Waals surface area contributed by atoms with Crippen molar-refractivity contribution in [1.82, 2.24) is 10.6 Å². The molecule has 0 fully saturated rings. The second-order valence-electron chi connectivity index (χ2n) is 10.0. The zero-order valence-electron chi connectivity index (χ0n) is 22.9. The monoisotopic (exact) mass is 550 g/mol. The van der Waals surface area contributed by atoms with Crippen molar-refractivity contribution in [3.63, 3.8) is 0 Å². The number of carbonyl (C=O) groups is 2. The quantitative estimate of drug-likeness (QED) is 0.161. The van der Waals surface area contributed by atoms with E-state index in [0.29, 0.717) is 24.5 Å². The number of fused-ring (bicyclic) bond motifs is 2. The molecule has 0 aliphatic heterocycles. The number of carbonyl (C=O) groups excluding carboxylic acids is 2. The molecule has 0 saturated carbocycles. The number of hydrogen-bond donors (Lipinski definition) is 4. The minimum Gasteiger partial charge on any atom is -0.334 e. The summed E-state index contributed by atoms with van der Waals surface area (Å²) in [6.07, 6.45) is 0. The number of amides is 4. The Morgan fingerprint density at radius 1 is 0.429 bits per heavy atom. The van der Waals surface area contributed by atoms with E-state index in [0.717, 1.165) is 43.8 Å². The van der Waals surface area contributed by atoms with Crippen LogP contribution < -0.4 is 21.3 Å². The molecule has 4 N–H and O–H groups in total. The van der Waals surface area contributed by atoms with Crippen molar-refractivity contribution in [2.75, 3.05) is 10.6 Å². The summed E-state index contributed by atoms with van der Waals surface area (Å²) in [5, 5.41) is 16.1. The predicted octanol–water partition coefficient (Wildman–Crippen LogP) is 8.30. The number of hydrogen-bond acceptors (Lipinski definition) is 2. The van der Waals surface area contributed by atoms with Crippen LogP contribution in [0.1, 0.15) is 11.1 Å². The topological polar surface area (TPSA) is 82.3 Å². The molecule has 6 heteroatoms. The van der Waals surface area contributed by atoms with Crippen molar-refractivity contribution in [3.8, 4) is 11.1 Å². The zero-order chi connectivity index (χ0) is 28.7.